The van der Waals surface area contributed by atoms with Gasteiger partial charge in [0.1, 0.15) is 11.6 Å². The number of rotatable bonds is 10. The predicted octanol–water partition coefficient (Wildman–Crippen LogP) is 4.73. The lowest BCUT2D eigenvalue weighted by molar-refractivity contribution is -0.137. The van der Waals surface area contributed by atoms with Crippen LogP contribution in [0, 0.1) is 0 Å². The molecule has 0 atom stereocenters. The van der Waals surface area contributed by atoms with Crippen molar-refractivity contribution in [3.8, 4) is 5.75 Å². The Balaban J connectivity index is 1.34. The van der Waals surface area contributed by atoms with E-state index in [0.29, 0.717) is 32.7 Å². The quantitative estimate of drug-likeness (QED) is 0.187. The van der Waals surface area contributed by atoms with Crippen LogP contribution in [0.2, 0.25) is 0 Å². The third-order valence-corrected chi connectivity index (χ3v) is 6.66. The van der Waals surface area contributed by atoms with Gasteiger partial charge in [-0.3, -0.25) is 9.59 Å². The van der Waals surface area contributed by atoms with Crippen molar-refractivity contribution in [2.75, 3.05) is 39.6 Å². The van der Waals surface area contributed by atoms with E-state index < -0.39 is 41.7 Å². The van der Waals surface area contributed by atoms with Crippen molar-refractivity contribution in [1.82, 2.24) is 20.0 Å². The van der Waals surface area contributed by atoms with Crippen LogP contribution in [-0.4, -0.2) is 72.3 Å². The number of ether oxygens (including phenoxy) is 1. The lowest BCUT2D eigenvalue weighted by atomic mass is 10.1. The van der Waals surface area contributed by atoms with Crippen LogP contribution in [0.4, 0.5) is 26.3 Å². The third kappa shape index (κ3) is 7.75. The maximum atomic E-state index is 13.4. The van der Waals surface area contributed by atoms with Gasteiger partial charge in [-0.25, -0.2) is 0 Å². The first-order valence-corrected chi connectivity index (χ1v) is 12.9. The standard InChI is InChI=1S/C28H28F6N4O3/c29-27(30,31)20-10-12-21(13-11-20)41-19-38(26(40)22-6-5-7-23(22)28(32,33)34)15-4-2-9-25(39)37-17-16-36(18-37)24-8-1-3-14-35-24/h1,3,5,7-8,10-13,35H,2,4,9,14-19H2. The first kappa shape index (κ1) is 29.9. The number of nitrogens with zero attached hydrogens (tertiary/aromatic N) is 3. The molecule has 220 valence electrons. The lowest BCUT2D eigenvalue weighted by Gasteiger charge is -2.25. The average Bonchev–Trinajstić information content (AvgIpc) is 3.63. The maximum Gasteiger partial charge on any atom is 0.417 e. The summed E-state index contributed by atoms with van der Waals surface area (Å²) in [5.74, 6) is -0.127. The molecule has 1 saturated heterocycles. The van der Waals surface area contributed by atoms with E-state index in [1.165, 1.54) is 0 Å². The Bertz CT molecular complexity index is 1290. The van der Waals surface area contributed by atoms with Crippen molar-refractivity contribution in [3.05, 3.63) is 82.9 Å². The Labute approximate surface area is 232 Å². The van der Waals surface area contributed by atoms with E-state index in [4.69, 9.17) is 4.74 Å². The number of hydrogen-bond donors (Lipinski definition) is 1. The molecule has 13 heteroatoms. The second-order valence-electron chi connectivity index (χ2n) is 9.51. The first-order chi connectivity index (χ1) is 19.4. The lowest BCUT2D eigenvalue weighted by Crippen LogP contribution is -2.38. The highest BCUT2D eigenvalue weighted by molar-refractivity contribution is 5.98. The van der Waals surface area contributed by atoms with E-state index in [2.05, 4.69) is 15.9 Å². The fourth-order valence-electron chi connectivity index (χ4n) is 4.45. The first-order valence-electron chi connectivity index (χ1n) is 12.9. The number of nitrogens with one attached hydrogen (secondary N) is 1. The summed E-state index contributed by atoms with van der Waals surface area (Å²) < 4.78 is 84.2. The van der Waals surface area contributed by atoms with Gasteiger partial charge in [0.25, 0.3) is 5.91 Å². The minimum absolute atomic E-state index is 0.00477. The Morgan fingerprint density at radius 2 is 1.76 bits per heavy atom. The van der Waals surface area contributed by atoms with E-state index in [0.717, 1.165) is 47.1 Å². The second-order valence-corrected chi connectivity index (χ2v) is 9.51. The molecular weight excluding hydrogens is 554 g/mol. The molecule has 1 aliphatic carbocycles. The van der Waals surface area contributed by atoms with Crippen LogP contribution in [0.3, 0.4) is 0 Å². The number of carbonyl (C=O) groups excluding carboxylic acids is 2. The van der Waals surface area contributed by atoms with E-state index in [1.807, 2.05) is 18.2 Å². The number of halogens is 6. The van der Waals surface area contributed by atoms with E-state index >= 15 is 0 Å². The highest BCUT2D eigenvalue weighted by atomic mass is 19.4. The van der Waals surface area contributed by atoms with E-state index in [1.54, 1.807) is 4.90 Å². The summed E-state index contributed by atoms with van der Waals surface area (Å²) in [4.78, 5) is 30.6. The summed E-state index contributed by atoms with van der Waals surface area (Å²) in [5.41, 5.74) is -0.397. The van der Waals surface area contributed by atoms with Crippen molar-refractivity contribution in [3.63, 3.8) is 0 Å². The van der Waals surface area contributed by atoms with Gasteiger partial charge in [-0.1, -0.05) is 12.2 Å². The third-order valence-electron chi connectivity index (χ3n) is 6.66. The maximum absolute atomic E-state index is 13.4. The highest BCUT2D eigenvalue weighted by Crippen LogP contribution is 2.34. The molecule has 0 saturated carbocycles. The normalized spacial score (nSPS) is 16.8. The summed E-state index contributed by atoms with van der Waals surface area (Å²) in [6.07, 6.45) is -0.907. The molecule has 41 heavy (non-hydrogen) atoms. The zero-order valence-corrected chi connectivity index (χ0v) is 21.9. The Morgan fingerprint density at radius 1 is 1.00 bits per heavy atom. The topological polar surface area (TPSA) is 65.1 Å². The summed E-state index contributed by atoms with van der Waals surface area (Å²) >= 11 is 0. The summed E-state index contributed by atoms with van der Waals surface area (Å²) in [6, 6.07) is 3.73. The average molecular weight is 583 g/mol. The van der Waals surface area contributed by atoms with Gasteiger partial charge >= 0.3 is 12.4 Å². The molecule has 0 bridgehead atoms. The van der Waals surface area contributed by atoms with Crippen molar-refractivity contribution in [2.45, 2.75) is 31.6 Å². The summed E-state index contributed by atoms with van der Waals surface area (Å²) in [5, 5.41) is 3.24. The van der Waals surface area contributed by atoms with Crippen molar-refractivity contribution in [2.24, 2.45) is 0 Å². The van der Waals surface area contributed by atoms with Crippen LogP contribution in [0.25, 0.3) is 0 Å². The van der Waals surface area contributed by atoms with Crippen molar-refractivity contribution >= 4 is 11.8 Å². The molecular formula is C28H28F6N4O3. The van der Waals surface area contributed by atoms with Gasteiger partial charge in [0.05, 0.1) is 23.4 Å². The smallest absolute Gasteiger partial charge is 0.417 e. The number of dihydropyridines is 1. The zero-order valence-electron chi connectivity index (χ0n) is 21.9. The van der Waals surface area contributed by atoms with Gasteiger partial charge in [0.15, 0.2) is 6.73 Å². The molecule has 7 nitrogen and oxygen atoms in total. The molecule has 1 aromatic carbocycles. The molecule has 0 spiro atoms. The number of allylic oxidation sites excluding steroid dienone is 3. The minimum atomic E-state index is -4.78. The van der Waals surface area contributed by atoms with E-state index in [9.17, 15) is 35.9 Å². The highest BCUT2D eigenvalue weighted by Gasteiger charge is 2.40. The van der Waals surface area contributed by atoms with Gasteiger partial charge < -0.3 is 24.8 Å². The largest absolute Gasteiger partial charge is 0.473 e. The van der Waals surface area contributed by atoms with Gasteiger partial charge in [0, 0.05) is 32.6 Å². The SMILES string of the molecule is O=C(CCCCN(COc1ccc(C(F)(F)F)cc1)C(=O)C1=C=CC=C1C(F)(F)F)N1CCN(C2=CC=CCN2)C1. The fraction of sp³-hybridized carbons (Fsp3) is 0.393. The van der Waals surface area contributed by atoms with Crippen LogP contribution in [0.5, 0.6) is 5.75 Å². The summed E-state index contributed by atoms with van der Waals surface area (Å²) in [6.45, 7) is 1.83. The number of hydrogen-bond acceptors (Lipinski definition) is 5. The van der Waals surface area contributed by atoms with Gasteiger partial charge in [-0.2, -0.15) is 26.3 Å². The van der Waals surface area contributed by atoms with Crippen LogP contribution in [-0.2, 0) is 15.8 Å². The van der Waals surface area contributed by atoms with Gasteiger partial charge in [-0.15, -0.1) is 5.73 Å². The zero-order chi connectivity index (χ0) is 29.6. The van der Waals surface area contributed by atoms with Gasteiger partial charge in [-0.05, 0) is 55.3 Å². The Morgan fingerprint density at radius 3 is 2.41 bits per heavy atom. The number of benzene rings is 1. The summed E-state index contributed by atoms with van der Waals surface area (Å²) in [7, 11) is 0. The Kier molecular flexibility index (Phi) is 9.17. The Hall–Kier alpha value is -4.12. The molecule has 3 aliphatic rings. The van der Waals surface area contributed by atoms with Crippen LogP contribution in [0.1, 0.15) is 24.8 Å². The minimum Gasteiger partial charge on any atom is -0.473 e. The molecule has 0 unspecified atom stereocenters. The molecule has 2 heterocycles. The number of amides is 2. The molecule has 1 N–H and O–H groups in total. The monoisotopic (exact) mass is 582 g/mol. The number of carbonyl (C=O) groups is 2. The van der Waals surface area contributed by atoms with Crippen LogP contribution in [0.15, 0.2) is 77.3 Å². The molecule has 1 fully saturated rings. The predicted molar refractivity (Wildman–Crippen MR) is 137 cm³/mol. The van der Waals surface area contributed by atoms with Crippen LogP contribution >= 0.6 is 0 Å². The number of alkyl halides is 6. The fourth-order valence-corrected chi connectivity index (χ4v) is 4.45. The molecule has 2 aliphatic heterocycles. The van der Waals surface area contributed by atoms with Crippen LogP contribution < -0.4 is 10.1 Å². The molecule has 4 rings (SSSR count). The van der Waals surface area contributed by atoms with Gasteiger partial charge in [0.2, 0.25) is 5.91 Å². The second kappa shape index (κ2) is 12.6. The molecule has 2 amide bonds. The number of unbranched alkanes of at least 4 members (excludes halogenated alkanes) is 1. The van der Waals surface area contributed by atoms with Crippen molar-refractivity contribution in [1.29, 1.82) is 0 Å². The molecule has 0 aromatic heterocycles. The van der Waals surface area contributed by atoms with Crippen molar-refractivity contribution < 1.29 is 40.7 Å². The molecule has 1 aromatic rings. The molecule has 0 radical (unpaired) electrons. The van der Waals surface area contributed by atoms with E-state index in [-0.39, 0.29) is 31.0 Å².